The second kappa shape index (κ2) is 13.3. The number of ether oxygens (including phenoxy) is 3. The fourth-order valence-corrected chi connectivity index (χ4v) is 1.85. The Morgan fingerprint density at radius 2 is 1.74 bits per heavy atom. The van der Waals surface area contributed by atoms with Crippen molar-refractivity contribution in [1.29, 1.82) is 0 Å². The maximum Gasteiger partial charge on any atom is 0.199 e. The Kier molecular flexibility index (Phi) is 11.5. The number of aliphatic hydroxyl groups excluding tert-OH is 2. The highest BCUT2D eigenvalue weighted by Gasteiger charge is 2.05. The molecular formula is C17H29NO5. The number of hydrogen-bond donors (Lipinski definition) is 3. The SMILES string of the molecule is Cc1ccc(OC(O)CCOCCNCCCOCCO)cc1. The van der Waals surface area contributed by atoms with Crippen LogP contribution in [0.2, 0.25) is 0 Å². The van der Waals surface area contributed by atoms with E-state index in [0.29, 0.717) is 38.6 Å². The predicted octanol–water partition coefficient (Wildman–Crippen LogP) is 1.09. The van der Waals surface area contributed by atoms with Crippen molar-refractivity contribution in [3.8, 4) is 5.75 Å². The van der Waals surface area contributed by atoms with Crippen LogP contribution in [0, 0.1) is 6.92 Å². The van der Waals surface area contributed by atoms with Gasteiger partial charge in [0.15, 0.2) is 6.29 Å². The molecule has 0 radical (unpaired) electrons. The van der Waals surface area contributed by atoms with Crippen LogP contribution in [-0.4, -0.2) is 62.6 Å². The largest absolute Gasteiger partial charge is 0.465 e. The summed E-state index contributed by atoms with van der Waals surface area (Å²) < 4.78 is 16.0. The van der Waals surface area contributed by atoms with Gasteiger partial charge < -0.3 is 29.7 Å². The molecule has 0 amide bonds. The second-order valence-electron chi connectivity index (χ2n) is 5.23. The second-order valence-corrected chi connectivity index (χ2v) is 5.23. The summed E-state index contributed by atoms with van der Waals surface area (Å²) in [5.74, 6) is 0.660. The summed E-state index contributed by atoms with van der Waals surface area (Å²) in [6.45, 7) is 5.78. The van der Waals surface area contributed by atoms with Crippen molar-refractivity contribution >= 4 is 0 Å². The number of hydrogen-bond acceptors (Lipinski definition) is 6. The van der Waals surface area contributed by atoms with Crippen LogP contribution in [0.4, 0.5) is 0 Å². The van der Waals surface area contributed by atoms with E-state index in [4.69, 9.17) is 19.3 Å². The van der Waals surface area contributed by atoms with Crippen LogP contribution in [0.1, 0.15) is 18.4 Å². The third kappa shape index (κ3) is 11.1. The lowest BCUT2D eigenvalue weighted by Gasteiger charge is -2.14. The molecule has 1 unspecified atom stereocenters. The van der Waals surface area contributed by atoms with E-state index in [2.05, 4.69) is 5.32 Å². The highest BCUT2D eigenvalue weighted by Crippen LogP contribution is 2.13. The van der Waals surface area contributed by atoms with Gasteiger partial charge in [-0.25, -0.2) is 0 Å². The van der Waals surface area contributed by atoms with Gasteiger partial charge in [-0.2, -0.15) is 0 Å². The summed E-state index contributed by atoms with van der Waals surface area (Å²) in [6.07, 6.45) is 0.487. The predicted molar refractivity (Wildman–Crippen MR) is 88.6 cm³/mol. The maximum absolute atomic E-state index is 9.77. The first-order valence-corrected chi connectivity index (χ1v) is 8.11. The van der Waals surface area contributed by atoms with Gasteiger partial charge in [-0.1, -0.05) is 17.7 Å². The summed E-state index contributed by atoms with van der Waals surface area (Å²) in [7, 11) is 0. The standard InChI is InChI=1S/C17H29NO5/c1-15-3-5-16(6-4-15)23-17(20)7-12-22-13-9-18-8-2-11-21-14-10-19/h3-6,17-20H,2,7-14H2,1H3. The van der Waals surface area contributed by atoms with Crippen LogP contribution in [0.15, 0.2) is 24.3 Å². The quantitative estimate of drug-likeness (QED) is 0.351. The molecule has 3 N–H and O–H groups in total. The molecule has 1 aromatic rings. The number of benzene rings is 1. The normalized spacial score (nSPS) is 12.3. The summed E-state index contributed by atoms with van der Waals surface area (Å²) in [5, 5.41) is 21.5. The molecule has 0 aliphatic rings. The van der Waals surface area contributed by atoms with Crippen LogP contribution in [0.25, 0.3) is 0 Å². The lowest BCUT2D eigenvalue weighted by Crippen LogP contribution is -2.23. The fraction of sp³-hybridized carbons (Fsp3) is 0.647. The molecule has 132 valence electrons. The Hall–Kier alpha value is -1.18. The third-order valence-electron chi connectivity index (χ3n) is 3.10. The molecule has 1 atom stereocenters. The molecule has 0 fully saturated rings. The van der Waals surface area contributed by atoms with E-state index < -0.39 is 6.29 Å². The molecule has 0 saturated heterocycles. The lowest BCUT2D eigenvalue weighted by molar-refractivity contribution is -0.0411. The molecule has 23 heavy (non-hydrogen) atoms. The van der Waals surface area contributed by atoms with Crippen LogP contribution in [-0.2, 0) is 9.47 Å². The van der Waals surface area contributed by atoms with Crippen LogP contribution in [0.3, 0.4) is 0 Å². The molecule has 0 saturated carbocycles. The summed E-state index contributed by atoms with van der Waals surface area (Å²) in [4.78, 5) is 0. The molecule has 0 bridgehead atoms. The van der Waals surface area contributed by atoms with Gasteiger partial charge in [0.2, 0.25) is 0 Å². The molecule has 0 heterocycles. The monoisotopic (exact) mass is 327 g/mol. The van der Waals surface area contributed by atoms with E-state index in [0.717, 1.165) is 25.1 Å². The Morgan fingerprint density at radius 1 is 1.00 bits per heavy atom. The van der Waals surface area contributed by atoms with E-state index >= 15 is 0 Å². The molecule has 0 spiro atoms. The van der Waals surface area contributed by atoms with E-state index in [1.165, 1.54) is 0 Å². The minimum Gasteiger partial charge on any atom is -0.465 e. The van der Waals surface area contributed by atoms with Gasteiger partial charge in [-0.05, 0) is 32.0 Å². The molecule has 0 aromatic heterocycles. The van der Waals surface area contributed by atoms with Gasteiger partial charge in [0.1, 0.15) is 5.75 Å². The minimum atomic E-state index is -0.852. The Bertz CT molecular complexity index is 385. The molecule has 1 aromatic carbocycles. The summed E-state index contributed by atoms with van der Waals surface area (Å²) >= 11 is 0. The highest BCUT2D eigenvalue weighted by atomic mass is 16.6. The van der Waals surface area contributed by atoms with Gasteiger partial charge in [0, 0.05) is 19.6 Å². The van der Waals surface area contributed by atoms with Crippen molar-refractivity contribution in [2.75, 3.05) is 46.1 Å². The third-order valence-corrected chi connectivity index (χ3v) is 3.10. The fourth-order valence-electron chi connectivity index (χ4n) is 1.85. The van der Waals surface area contributed by atoms with Crippen molar-refractivity contribution in [3.05, 3.63) is 29.8 Å². The van der Waals surface area contributed by atoms with Gasteiger partial charge in [0.05, 0.1) is 26.4 Å². The van der Waals surface area contributed by atoms with Gasteiger partial charge >= 0.3 is 0 Å². The van der Waals surface area contributed by atoms with E-state index in [-0.39, 0.29) is 6.61 Å². The zero-order chi connectivity index (χ0) is 16.8. The first-order valence-electron chi connectivity index (χ1n) is 8.11. The number of aryl methyl sites for hydroxylation is 1. The highest BCUT2D eigenvalue weighted by molar-refractivity contribution is 5.26. The number of rotatable bonds is 14. The minimum absolute atomic E-state index is 0.0702. The van der Waals surface area contributed by atoms with Gasteiger partial charge in [-0.3, -0.25) is 0 Å². The Labute approximate surface area is 138 Å². The van der Waals surface area contributed by atoms with Crippen LogP contribution in [0.5, 0.6) is 5.75 Å². The van der Waals surface area contributed by atoms with Gasteiger partial charge in [0.25, 0.3) is 0 Å². The van der Waals surface area contributed by atoms with E-state index in [1.807, 2.05) is 31.2 Å². The summed E-state index contributed by atoms with van der Waals surface area (Å²) in [5.41, 5.74) is 1.16. The van der Waals surface area contributed by atoms with Crippen molar-refractivity contribution in [2.45, 2.75) is 26.1 Å². The van der Waals surface area contributed by atoms with Gasteiger partial charge in [-0.15, -0.1) is 0 Å². The smallest absolute Gasteiger partial charge is 0.199 e. The molecule has 1 rings (SSSR count). The van der Waals surface area contributed by atoms with Crippen LogP contribution < -0.4 is 10.1 Å². The maximum atomic E-state index is 9.77. The molecule has 0 aliphatic carbocycles. The lowest BCUT2D eigenvalue weighted by atomic mass is 10.2. The zero-order valence-electron chi connectivity index (χ0n) is 13.9. The number of aliphatic hydroxyl groups is 2. The summed E-state index contributed by atoms with van der Waals surface area (Å²) in [6, 6.07) is 7.57. The van der Waals surface area contributed by atoms with Crippen LogP contribution >= 0.6 is 0 Å². The molecule has 6 nitrogen and oxygen atoms in total. The average Bonchev–Trinajstić information content (AvgIpc) is 2.55. The first-order chi connectivity index (χ1) is 11.2. The van der Waals surface area contributed by atoms with Crippen molar-refractivity contribution in [3.63, 3.8) is 0 Å². The van der Waals surface area contributed by atoms with Crippen molar-refractivity contribution < 1.29 is 24.4 Å². The topological polar surface area (TPSA) is 80.2 Å². The molecule has 0 aliphatic heterocycles. The first kappa shape index (κ1) is 19.9. The molecule has 6 heteroatoms. The van der Waals surface area contributed by atoms with E-state index in [1.54, 1.807) is 0 Å². The number of nitrogens with one attached hydrogen (secondary N) is 1. The van der Waals surface area contributed by atoms with Crippen molar-refractivity contribution in [2.24, 2.45) is 0 Å². The average molecular weight is 327 g/mol. The van der Waals surface area contributed by atoms with E-state index in [9.17, 15) is 5.11 Å². The Balaban J connectivity index is 1.89. The zero-order valence-corrected chi connectivity index (χ0v) is 13.9. The molecular weight excluding hydrogens is 298 g/mol. The van der Waals surface area contributed by atoms with Crippen molar-refractivity contribution in [1.82, 2.24) is 5.32 Å². The Morgan fingerprint density at radius 3 is 2.48 bits per heavy atom.